The van der Waals surface area contributed by atoms with Crippen LogP contribution in [0.1, 0.15) is 12.5 Å². The molecule has 0 aromatic heterocycles. The highest BCUT2D eigenvalue weighted by Crippen LogP contribution is 2.03. The van der Waals surface area contributed by atoms with E-state index < -0.39 is 6.92 Å². The number of benzene rings is 1. The first kappa shape index (κ1) is 11.7. The molecule has 1 aromatic carbocycles. The average Bonchev–Trinajstić information content (AvgIpc) is 2.18. The number of hydrogen-bond acceptors (Lipinski definition) is 2. The number of allylic oxidation sites excluding steroid dienone is 1. The third kappa shape index (κ3) is 3.37. The van der Waals surface area contributed by atoms with Gasteiger partial charge in [0.2, 0.25) is 0 Å². The molecule has 78 valence electrons. The first-order chi connectivity index (χ1) is 7.00. The van der Waals surface area contributed by atoms with Crippen molar-refractivity contribution in [3.05, 3.63) is 42.0 Å². The highest BCUT2D eigenvalue weighted by atomic mass is 16.2. The highest BCUT2D eigenvalue weighted by Gasteiger charge is 2.09. The molecule has 0 aliphatic rings. The molecule has 0 amide bonds. The minimum atomic E-state index is -0.495. The van der Waals surface area contributed by atoms with Crippen LogP contribution < -0.4 is 5.46 Å². The maximum atomic E-state index is 11.4. The Kier molecular flexibility index (Phi) is 3.86. The van der Waals surface area contributed by atoms with Crippen molar-refractivity contribution in [3.63, 3.8) is 0 Å². The molecule has 0 radical (unpaired) electrons. The number of carbonyl (C=O) groups is 1. The van der Waals surface area contributed by atoms with E-state index in [1.807, 2.05) is 24.3 Å². The topological polar surface area (TPSA) is 37.3 Å². The summed E-state index contributed by atoms with van der Waals surface area (Å²) < 4.78 is 0. The van der Waals surface area contributed by atoms with Crippen molar-refractivity contribution in [1.29, 1.82) is 0 Å². The standard InChI is InChI=1S/C12H15BO2/c1-9(2)12(14)8-10-5-4-6-11(7-10)13(3)15/h4-7,15H,1,8H2,2-3H3. The van der Waals surface area contributed by atoms with E-state index >= 15 is 0 Å². The fraction of sp³-hybridized carbons (Fsp3) is 0.250. The molecule has 0 unspecified atom stereocenters. The van der Waals surface area contributed by atoms with E-state index in [2.05, 4.69) is 6.58 Å². The molecule has 1 N–H and O–H groups in total. The summed E-state index contributed by atoms with van der Waals surface area (Å²) in [5.41, 5.74) is 2.32. The zero-order valence-electron chi connectivity index (χ0n) is 9.16. The van der Waals surface area contributed by atoms with Gasteiger partial charge in [-0.3, -0.25) is 4.79 Å². The lowest BCUT2D eigenvalue weighted by atomic mass is 9.64. The molecular formula is C12H15BO2. The Morgan fingerprint density at radius 2 is 2.20 bits per heavy atom. The van der Waals surface area contributed by atoms with Crippen LogP contribution in [0.4, 0.5) is 0 Å². The molecular weight excluding hydrogens is 187 g/mol. The molecule has 15 heavy (non-hydrogen) atoms. The first-order valence-electron chi connectivity index (χ1n) is 4.96. The molecule has 1 rings (SSSR count). The van der Waals surface area contributed by atoms with E-state index in [1.165, 1.54) is 0 Å². The van der Waals surface area contributed by atoms with Crippen molar-refractivity contribution in [2.24, 2.45) is 0 Å². The number of rotatable bonds is 4. The third-order valence-corrected chi connectivity index (χ3v) is 2.27. The number of carbonyl (C=O) groups excluding carboxylic acids is 1. The quantitative estimate of drug-likeness (QED) is 0.588. The summed E-state index contributed by atoms with van der Waals surface area (Å²) in [7, 11) is 0. The van der Waals surface area contributed by atoms with Crippen molar-refractivity contribution in [3.8, 4) is 0 Å². The van der Waals surface area contributed by atoms with Gasteiger partial charge in [-0.05, 0) is 23.5 Å². The molecule has 0 bridgehead atoms. The smallest absolute Gasteiger partial charge is 0.320 e. The Morgan fingerprint density at radius 1 is 1.53 bits per heavy atom. The molecule has 0 fully saturated rings. The van der Waals surface area contributed by atoms with Crippen LogP contribution in [-0.4, -0.2) is 17.7 Å². The van der Waals surface area contributed by atoms with Crippen LogP contribution in [0, 0.1) is 0 Å². The summed E-state index contributed by atoms with van der Waals surface area (Å²) in [6.07, 6.45) is 0.357. The molecule has 1 aromatic rings. The zero-order valence-corrected chi connectivity index (χ0v) is 9.16. The van der Waals surface area contributed by atoms with Gasteiger partial charge in [-0.25, -0.2) is 0 Å². The maximum absolute atomic E-state index is 11.4. The van der Waals surface area contributed by atoms with E-state index in [1.54, 1.807) is 13.7 Å². The monoisotopic (exact) mass is 202 g/mol. The van der Waals surface area contributed by atoms with Crippen LogP contribution >= 0.6 is 0 Å². The molecule has 0 aliphatic carbocycles. The van der Waals surface area contributed by atoms with Gasteiger partial charge < -0.3 is 5.02 Å². The van der Waals surface area contributed by atoms with Gasteiger partial charge in [0.05, 0.1) is 0 Å². The van der Waals surface area contributed by atoms with Gasteiger partial charge in [-0.15, -0.1) is 0 Å². The van der Waals surface area contributed by atoms with E-state index in [0.29, 0.717) is 12.0 Å². The van der Waals surface area contributed by atoms with Gasteiger partial charge in [-0.1, -0.05) is 37.7 Å². The van der Waals surface area contributed by atoms with Crippen molar-refractivity contribution in [2.45, 2.75) is 20.2 Å². The molecule has 0 saturated carbocycles. The van der Waals surface area contributed by atoms with Crippen LogP contribution in [0.2, 0.25) is 6.82 Å². The maximum Gasteiger partial charge on any atom is 0.320 e. The summed E-state index contributed by atoms with van der Waals surface area (Å²) in [5, 5.41) is 9.39. The number of hydrogen-bond donors (Lipinski definition) is 1. The summed E-state index contributed by atoms with van der Waals surface area (Å²) >= 11 is 0. The van der Waals surface area contributed by atoms with Crippen molar-refractivity contribution < 1.29 is 9.82 Å². The lowest BCUT2D eigenvalue weighted by Gasteiger charge is -2.04. The normalized spacial score (nSPS) is 9.80. The van der Waals surface area contributed by atoms with Crippen LogP contribution in [0.3, 0.4) is 0 Å². The van der Waals surface area contributed by atoms with Gasteiger partial charge in [0.25, 0.3) is 0 Å². The minimum absolute atomic E-state index is 0.0396. The van der Waals surface area contributed by atoms with Gasteiger partial charge in [-0.2, -0.15) is 0 Å². The molecule has 0 spiro atoms. The minimum Gasteiger partial charge on any atom is -0.447 e. The fourth-order valence-corrected chi connectivity index (χ4v) is 1.30. The average molecular weight is 202 g/mol. The molecule has 0 atom stereocenters. The SMILES string of the molecule is C=C(C)C(=O)Cc1cccc(B(C)O)c1. The van der Waals surface area contributed by atoms with Crippen molar-refractivity contribution in [2.75, 3.05) is 0 Å². The first-order valence-corrected chi connectivity index (χ1v) is 4.96. The van der Waals surface area contributed by atoms with Crippen LogP contribution in [0.15, 0.2) is 36.4 Å². The Morgan fingerprint density at radius 3 is 2.73 bits per heavy atom. The summed E-state index contributed by atoms with van der Waals surface area (Å²) in [6.45, 7) is 6.53. The Labute approximate surface area is 90.7 Å². The molecule has 0 saturated heterocycles. The van der Waals surface area contributed by atoms with Crippen LogP contribution in [-0.2, 0) is 11.2 Å². The second-order valence-electron chi connectivity index (χ2n) is 3.80. The third-order valence-electron chi connectivity index (χ3n) is 2.27. The Balaban J connectivity index is 2.82. The summed E-state index contributed by atoms with van der Waals surface area (Å²) in [6, 6.07) is 7.43. The Hall–Kier alpha value is -1.35. The zero-order chi connectivity index (χ0) is 11.4. The molecule has 3 heteroatoms. The second kappa shape index (κ2) is 4.94. The predicted octanol–water partition coefficient (Wildman–Crippen LogP) is 1.19. The largest absolute Gasteiger partial charge is 0.447 e. The number of ketones is 1. The Bertz CT molecular complexity index is 383. The van der Waals surface area contributed by atoms with E-state index in [9.17, 15) is 9.82 Å². The van der Waals surface area contributed by atoms with E-state index in [4.69, 9.17) is 0 Å². The number of Topliss-reactive ketones (excluding diaryl/α,β-unsaturated/α-hetero) is 1. The molecule has 2 nitrogen and oxygen atoms in total. The highest BCUT2D eigenvalue weighted by molar-refractivity contribution is 6.64. The van der Waals surface area contributed by atoms with Gasteiger partial charge >= 0.3 is 6.92 Å². The van der Waals surface area contributed by atoms with Crippen molar-refractivity contribution in [1.82, 2.24) is 0 Å². The molecule has 0 aliphatic heterocycles. The molecule has 0 heterocycles. The van der Waals surface area contributed by atoms with E-state index in [-0.39, 0.29) is 5.78 Å². The van der Waals surface area contributed by atoms with E-state index in [0.717, 1.165) is 11.0 Å². The summed E-state index contributed by atoms with van der Waals surface area (Å²) in [4.78, 5) is 11.4. The summed E-state index contributed by atoms with van der Waals surface area (Å²) in [5.74, 6) is 0.0396. The van der Waals surface area contributed by atoms with Gasteiger partial charge in [0.15, 0.2) is 5.78 Å². The fourth-order valence-electron chi connectivity index (χ4n) is 1.30. The van der Waals surface area contributed by atoms with Crippen LogP contribution in [0.25, 0.3) is 0 Å². The second-order valence-corrected chi connectivity index (χ2v) is 3.80. The lowest BCUT2D eigenvalue weighted by molar-refractivity contribution is -0.114. The predicted molar refractivity (Wildman–Crippen MR) is 63.4 cm³/mol. The van der Waals surface area contributed by atoms with Gasteiger partial charge in [0.1, 0.15) is 0 Å². The van der Waals surface area contributed by atoms with Crippen LogP contribution in [0.5, 0.6) is 0 Å². The lowest BCUT2D eigenvalue weighted by Crippen LogP contribution is -2.26. The van der Waals surface area contributed by atoms with Gasteiger partial charge in [0, 0.05) is 6.42 Å². The van der Waals surface area contributed by atoms with Crippen molar-refractivity contribution >= 4 is 18.2 Å².